The molecule has 4 nitrogen and oxygen atoms in total. The van der Waals surface area contributed by atoms with Crippen molar-refractivity contribution in [3.05, 3.63) is 0 Å². The summed E-state index contributed by atoms with van der Waals surface area (Å²) in [6.07, 6.45) is 0. The van der Waals surface area contributed by atoms with Crippen molar-refractivity contribution in [1.82, 2.24) is 0 Å². The summed E-state index contributed by atoms with van der Waals surface area (Å²) in [5, 5.41) is 0. The molecule has 0 aliphatic rings. The predicted octanol–water partition coefficient (Wildman–Crippen LogP) is -3.21. The van der Waals surface area contributed by atoms with Crippen LogP contribution < -0.4 is 14.7 Å². The first-order valence-electron chi connectivity index (χ1n) is 0.730. The fraction of sp³-hybridized carbons (Fsp3) is 0. The molecule has 6 heteroatoms. The molecule has 0 atom stereocenters. The summed E-state index contributed by atoms with van der Waals surface area (Å²) >= 11 is 0. The Morgan fingerprint density at radius 3 is 1.17 bits per heavy atom. The SMILES string of the molecule is O=P([O-])([O-])[O-].[Ba]. The van der Waals surface area contributed by atoms with Gasteiger partial charge in [0.1, 0.15) is 0 Å². The second kappa shape index (κ2) is 3.66. The molecule has 0 aromatic heterocycles. The minimum absolute atomic E-state index is 0. The molecule has 6 heavy (non-hydrogen) atoms. The van der Waals surface area contributed by atoms with Crippen molar-refractivity contribution in [2.75, 3.05) is 0 Å². The van der Waals surface area contributed by atoms with Crippen LogP contribution in [-0.2, 0) is 4.57 Å². The average Bonchev–Trinajstić information content (AvgIpc) is 0.722. The number of hydrogen-bond acceptors (Lipinski definition) is 4. The van der Waals surface area contributed by atoms with Crippen molar-refractivity contribution in [2.24, 2.45) is 0 Å². The maximum absolute atomic E-state index is 8.55. The van der Waals surface area contributed by atoms with Crippen LogP contribution in [0, 0.1) is 0 Å². The predicted molar refractivity (Wildman–Crippen MR) is 13.4 cm³/mol. The number of hydrogen-bond donors (Lipinski definition) is 0. The van der Waals surface area contributed by atoms with Crippen molar-refractivity contribution >= 4 is 56.7 Å². The van der Waals surface area contributed by atoms with E-state index in [1.165, 1.54) is 0 Å². The zero-order valence-electron chi connectivity index (χ0n) is 2.79. The van der Waals surface area contributed by atoms with Gasteiger partial charge in [-0.2, -0.15) is 7.82 Å². The third kappa shape index (κ3) is 44.0. The molecule has 0 unspecified atom stereocenters. The first kappa shape index (κ1) is 10.6. The van der Waals surface area contributed by atoms with E-state index < -0.39 is 7.82 Å². The van der Waals surface area contributed by atoms with Crippen molar-refractivity contribution in [2.45, 2.75) is 0 Å². The second-order valence-corrected chi connectivity index (χ2v) is 1.34. The summed E-state index contributed by atoms with van der Waals surface area (Å²) in [6, 6.07) is 0. The van der Waals surface area contributed by atoms with Gasteiger partial charge in [-0.05, 0) is 0 Å². The van der Waals surface area contributed by atoms with Gasteiger partial charge < -0.3 is 19.2 Å². The van der Waals surface area contributed by atoms with E-state index in [1.54, 1.807) is 0 Å². The van der Waals surface area contributed by atoms with Gasteiger partial charge >= 0.3 is 0 Å². The van der Waals surface area contributed by atoms with Crippen LogP contribution in [0.2, 0.25) is 0 Å². The Balaban J connectivity index is 0. The molecule has 0 saturated carbocycles. The first-order chi connectivity index (χ1) is 2.00. The van der Waals surface area contributed by atoms with Crippen molar-refractivity contribution in [1.29, 1.82) is 0 Å². The van der Waals surface area contributed by atoms with Crippen LogP contribution in [0.3, 0.4) is 0 Å². The molecule has 0 aromatic carbocycles. The van der Waals surface area contributed by atoms with Gasteiger partial charge in [0.25, 0.3) is 0 Å². The van der Waals surface area contributed by atoms with Gasteiger partial charge in [-0.1, -0.05) is 0 Å². The second-order valence-electron chi connectivity index (χ2n) is 0.447. The Labute approximate surface area is 74.9 Å². The fourth-order valence-electron chi connectivity index (χ4n) is 0. The van der Waals surface area contributed by atoms with E-state index in [1.807, 2.05) is 0 Å². The summed E-state index contributed by atoms with van der Waals surface area (Å²) in [4.78, 5) is 25.6. The Bertz CT molecular complexity index is 53.7. The Hall–Kier alpha value is 1.68. The molecular weight excluding hydrogens is 232 g/mol. The van der Waals surface area contributed by atoms with Crippen LogP contribution in [0.5, 0.6) is 0 Å². The molecule has 0 saturated heterocycles. The molecule has 2 radical (unpaired) electrons. The van der Waals surface area contributed by atoms with E-state index in [9.17, 15) is 0 Å². The van der Waals surface area contributed by atoms with E-state index in [0.717, 1.165) is 0 Å². The van der Waals surface area contributed by atoms with Gasteiger partial charge in [0.05, 0.1) is 0 Å². The van der Waals surface area contributed by atoms with E-state index >= 15 is 0 Å². The Kier molecular flexibility index (Phi) is 6.47. The quantitative estimate of drug-likeness (QED) is 0.325. The van der Waals surface area contributed by atoms with Gasteiger partial charge in [0.2, 0.25) is 0 Å². The summed E-state index contributed by atoms with van der Waals surface area (Å²) in [7, 11) is -5.39. The van der Waals surface area contributed by atoms with Crippen LogP contribution in [0.15, 0.2) is 0 Å². The Morgan fingerprint density at radius 1 is 1.17 bits per heavy atom. The molecule has 34 valence electrons. The van der Waals surface area contributed by atoms with Crippen LogP contribution in [0.4, 0.5) is 0 Å². The third-order valence-electron chi connectivity index (χ3n) is 0. The van der Waals surface area contributed by atoms with Gasteiger partial charge in [0.15, 0.2) is 0 Å². The third-order valence-corrected chi connectivity index (χ3v) is 0. The average molecular weight is 232 g/mol. The molecular formula is BaO4P-3. The first-order valence-corrected chi connectivity index (χ1v) is 2.19. The molecule has 0 heterocycles. The van der Waals surface area contributed by atoms with Crippen molar-refractivity contribution in [3.63, 3.8) is 0 Å². The van der Waals surface area contributed by atoms with Gasteiger partial charge in [-0.25, -0.2) is 0 Å². The molecule has 0 aliphatic carbocycles. The minimum atomic E-state index is -5.39. The maximum atomic E-state index is 8.55. The standard InChI is InChI=1S/Ba.H3O4P/c;1-5(2,3)4/h;(H3,1,2,3,4)/p-3. The van der Waals surface area contributed by atoms with E-state index in [2.05, 4.69) is 0 Å². The van der Waals surface area contributed by atoms with E-state index in [-0.39, 0.29) is 48.9 Å². The fourth-order valence-corrected chi connectivity index (χ4v) is 0. The molecule has 0 aliphatic heterocycles. The van der Waals surface area contributed by atoms with Crippen LogP contribution in [0.1, 0.15) is 0 Å². The topological polar surface area (TPSA) is 86.2 Å². The number of rotatable bonds is 0. The molecule has 0 amide bonds. The molecule has 0 spiro atoms. The zero-order valence-corrected chi connectivity index (χ0v) is 8.12. The monoisotopic (exact) mass is 233 g/mol. The zero-order chi connectivity index (χ0) is 4.50. The van der Waals surface area contributed by atoms with Crippen molar-refractivity contribution in [3.8, 4) is 0 Å². The molecule has 0 N–H and O–H groups in total. The van der Waals surface area contributed by atoms with E-state index in [4.69, 9.17) is 19.2 Å². The molecule has 0 fully saturated rings. The summed E-state index contributed by atoms with van der Waals surface area (Å²) in [5.41, 5.74) is 0. The normalized spacial score (nSPS) is 9.83. The Morgan fingerprint density at radius 2 is 1.17 bits per heavy atom. The van der Waals surface area contributed by atoms with Crippen LogP contribution in [0.25, 0.3) is 0 Å². The molecule has 0 aromatic rings. The van der Waals surface area contributed by atoms with Crippen molar-refractivity contribution < 1.29 is 19.2 Å². The largest absolute Gasteiger partial charge is 0.822 e. The molecule has 0 rings (SSSR count). The molecule has 0 bridgehead atoms. The maximum Gasteiger partial charge on any atom is 0 e. The smallest absolute Gasteiger partial charge is 0 e. The number of phosphoric acid groups is 1. The van der Waals surface area contributed by atoms with Crippen LogP contribution in [-0.4, -0.2) is 48.9 Å². The summed E-state index contributed by atoms with van der Waals surface area (Å²) in [6.45, 7) is 0. The summed E-state index contributed by atoms with van der Waals surface area (Å²) in [5.74, 6) is 0. The van der Waals surface area contributed by atoms with Gasteiger partial charge in [-0.3, -0.25) is 0 Å². The van der Waals surface area contributed by atoms with Crippen LogP contribution >= 0.6 is 7.82 Å². The van der Waals surface area contributed by atoms with E-state index in [0.29, 0.717) is 0 Å². The summed E-state index contributed by atoms with van der Waals surface area (Å²) < 4.78 is 8.55. The minimum Gasteiger partial charge on any atom is -0.822 e. The van der Waals surface area contributed by atoms with Gasteiger partial charge in [-0.15, -0.1) is 0 Å². The van der Waals surface area contributed by atoms with Gasteiger partial charge in [0, 0.05) is 48.9 Å².